The van der Waals surface area contributed by atoms with Crippen molar-refractivity contribution in [2.24, 2.45) is 5.92 Å². The highest BCUT2D eigenvalue weighted by atomic mass is 32.2. The van der Waals surface area contributed by atoms with Gasteiger partial charge in [-0.05, 0) is 70.2 Å². The van der Waals surface area contributed by atoms with Crippen molar-refractivity contribution in [3.63, 3.8) is 0 Å². The normalized spacial score (nSPS) is 22.6. The predicted octanol–water partition coefficient (Wildman–Crippen LogP) is 3.20. The zero-order valence-corrected chi connectivity index (χ0v) is 17.8. The van der Waals surface area contributed by atoms with Gasteiger partial charge in [0.05, 0.1) is 5.25 Å². The molecule has 1 aromatic carbocycles. The predicted molar refractivity (Wildman–Crippen MR) is 114 cm³/mol. The molecule has 0 atom stereocenters. The Hall–Kier alpha value is -1.86. The Labute approximate surface area is 168 Å². The smallest absolute Gasteiger partial charge is 0.227 e. The number of anilines is 2. The standard InChI is InChI=1S/C21H31N3O3S/c1-15(2)28(26,27)23-18-8-6-17(7-9-18)21(25)22-20-11-10-19(14-16(20)3)24-12-4-5-13-24/h4-5,10-11,14-15,17-18,23H,6-9,12-13H2,1-3H3,(H,22,25)/t17-,18-. The first-order valence-corrected chi connectivity index (χ1v) is 11.6. The molecule has 2 N–H and O–H groups in total. The van der Waals surface area contributed by atoms with E-state index in [1.807, 2.05) is 19.1 Å². The zero-order valence-electron chi connectivity index (χ0n) is 16.9. The van der Waals surface area contributed by atoms with Crippen molar-refractivity contribution < 1.29 is 13.2 Å². The summed E-state index contributed by atoms with van der Waals surface area (Å²) in [5, 5.41) is 2.63. The van der Waals surface area contributed by atoms with Crippen molar-refractivity contribution in [3.05, 3.63) is 35.9 Å². The molecule has 0 aromatic heterocycles. The van der Waals surface area contributed by atoms with Gasteiger partial charge in [0.15, 0.2) is 0 Å². The summed E-state index contributed by atoms with van der Waals surface area (Å²) in [6.07, 6.45) is 7.11. The summed E-state index contributed by atoms with van der Waals surface area (Å²) >= 11 is 0. The summed E-state index contributed by atoms with van der Waals surface area (Å²) in [4.78, 5) is 15.0. The lowest BCUT2D eigenvalue weighted by molar-refractivity contribution is -0.120. The number of carbonyl (C=O) groups is 1. The van der Waals surface area contributed by atoms with Crippen LogP contribution in [0.15, 0.2) is 30.4 Å². The Morgan fingerprint density at radius 2 is 1.75 bits per heavy atom. The molecule has 0 spiro atoms. The number of sulfonamides is 1. The highest BCUT2D eigenvalue weighted by Gasteiger charge is 2.29. The molecule has 1 aliphatic heterocycles. The molecule has 1 aliphatic carbocycles. The number of rotatable bonds is 6. The van der Waals surface area contributed by atoms with E-state index in [-0.39, 0.29) is 17.9 Å². The number of carbonyl (C=O) groups excluding carboxylic acids is 1. The summed E-state index contributed by atoms with van der Waals surface area (Å²) in [5.41, 5.74) is 3.07. The van der Waals surface area contributed by atoms with Gasteiger partial charge in [0.25, 0.3) is 0 Å². The van der Waals surface area contributed by atoms with Gasteiger partial charge in [-0.15, -0.1) is 0 Å². The van der Waals surface area contributed by atoms with Crippen molar-refractivity contribution in [2.45, 2.75) is 57.7 Å². The minimum atomic E-state index is -3.26. The summed E-state index contributed by atoms with van der Waals surface area (Å²) in [5.74, 6) is -0.0366. The molecule has 0 unspecified atom stereocenters. The van der Waals surface area contributed by atoms with E-state index in [0.717, 1.165) is 24.3 Å². The van der Waals surface area contributed by atoms with Crippen LogP contribution in [0.5, 0.6) is 0 Å². The Morgan fingerprint density at radius 1 is 1.11 bits per heavy atom. The Balaban J connectivity index is 1.53. The summed E-state index contributed by atoms with van der Waals surface area (Å²) in [6.45, 7) is 7.22. The lowest BCUT2D eigenvalue weighted by atomic mass is 9.86. The Kier molecular flexibility index (Phi) is 6.45. The fourth-order valence-electron chi connectivity index (χ4n) is 3.75. The van der Waals surface area contributed by atoms with Gasteiger partial charge >= 0.3 is 0 Å². The third kappa shape index (κ3) is 4.94. The molecular weight excluding hydrogens is 374 g/mol. The first kappa shape index (κ1) is 20.9. The highest BCUT2D eigenvalue weighted by molar-refractivity contribution is 7.90. The second-order valence-electron chi connectivity index (χ2n) is 8.13. The molecule has 154 valence electrons. The second-order valence-corrected chi connectivity index (χ2v) is 10.4. The third-order valence-electron chi connectivity index (χ3n) is 5.70. The average molecular weight is 406 g/mol. The number of nitrogens with one attached hydrogen (secondary N) is 2. The molecule has 2 aliphatic rings. The number of aryl methyl sites for hydroxylation is 1. The lowest BCUT2D eigenvalue weighted by Gasteiger charge is -2.29. The van der Waals surface area contributed by atoms with E-state index in [9.17, 15) is 13.2 Å². The highest BCUT2D eigenvalue weighted by Crippen LogP contribution is 2.28. The molecule has 1 fully saturated rings. The second kappa shape index (κ2) is 8.66. The maximum absolute atomic E-state index is 12.7. The minimum Gasteiger partial charge on any atom is -0.364 e. The Morgan fingerprint density at radius 3 is 2.32 bits per heavy atom. The molecule has 0 radical (unpaired) electrons. The number of amides is 1. The van der Waals surface area contributed by atoms with Crippen molar-refractivity contribution in [2.75, 3.05) is 23.3 Å². The third-order valence-corrected chi connectivity index (χ3v) is 7.60. The molecule has 28 heavy (non-hydrogen) atoms. The zero-order chi connectivity index (χ0) is 20.3. The van der Waals surface area contributed by atoms with Crippen molar-refractivity contribution in [3.8, 4) is 0 Å². The van der Waals surface area contributed by atoms with Gasteiger partial charge < -0.3 is 10.2 Å². The molecule has 3 rings (SSSR count). The van der Waals surface area contributed by atoms with Crippen LogP contribution in [0.4, 0.5) is 11.4 Å². The van der Waals surface area contributed by atoms with E-state index in [1.54, 1.807) is 13.8 Å². The van der Waals surface area contributed by atoms with E-state index in [2.05, 4.69) is 33.2 Å². The van der Waals surface area contributed by atoms with Crippen LogP contribution >= 0.6 is 0 Å². The summed E-state index contributed by atoms with van der Waals surface area (Å²) < 4.78 is 26.8. The molecule has 0 saturated heterocycles. The van der Waals surface area contributed by atoms with Gasteiger partial charge in [-0.25, -0.2) is 13.1 Å². The quantitative estimate of drug-likeness (QED) is 0.713. The van der Waals surface area contributed by atoms with E-state index >= 15 is 0 Å². The lowest BCUT2D eigenvalue weighted by Crippen LogP contribution is -2.42. The van der Waals surface area contributed by atoms with E-state index in [4.69, 9.17) is 0 Å². The number of hydrogen-bond acceptors (Lipinski definition) is 4. The van der Waals surface area contributed by atoms with E-state index < -0.39 is 15.3 Å². The fraction of sp³-hybridized carbons (Fsp3) is 0.571. The molecular formula is C21H31N3O3S. The first-order valence-electron chi connectivity index (χ1n) is 10.1. The maximum Gasteiger partial charge on any atom is 0.227 e. The molecule has 0 bridgehead atoms. The van der Waals surface area contributed by atoms with Gasteiger partial charge in [-0.2, -0.15) is 0 Å². The van der Waals surface area contributed by atoms with Gasteiger partial charge in [-0.1, -0.05) is 12.2 Å². The van der Waals surface area contributed by atoms with Crippen LogP contribution in [0.2, 0.25) is 0 Å². The van der Waals surface area contributed by atoms with Crippen LogP contribution in [0.25, 0.3) is 0 Å². The molecule has 1 heterocycles. The van der Waals surface area contributed by atoms with Crippen LogP contribution in [-0.2, 0) is 14.8 Å². The SMILES string of the molecule is Cc1cc(N2CC=CC2)ccc1NC(=O)[C@H]1CC[C@H](NS(=O)(=O)C(C)C)CC1. The molecule has 7 heteroatoms. The topological polar surface area (TPSA) is 78.5 Å². The van der Waals surface area contributed by atoms with Gasteiger partial charge in [0.2, 0.25) is 15.9 Å². The molecule has 1 aromatic rings. The van der Waals surface area contributed by atoms with Crippen LogP contribution < -0.4 is 14.9 Å². The van der Waals surface area contributed by atoms with Crippen molar-refractivity contribution >= 4 is 27.3 Å². The van der Waals surface area contributed by atoms with Crippen molar-refractivity contribution in [1.29, 1.82) is 0 Å². The average Bonchev–Trinajstić information content (AvgIpc) is 3.18. The van der Waals surface area contributed by atoms with Crippen LogP contribution in [0.1, 0.15) is 45.1 Å². The van der Waals surface area contributed by atoms with E-state index in [0.29, 0.717) is 25.7 Å². The minimum absolute atomic E-state index is 0.0313. The van der Waals surface area contributed by atoms with Gasteiger partial charge in [-0.3, -0.25) is 4.79 Å². The monoisotopic (exact) mass is 405 g/mol. The van der Waals surface area contributed by atoms with E-state index in [1.165, 1.54) is 5.69 Å². The number of hydrogen-bond donors (Lipinski definition) is 2. The maximum atomic E-state index is 12.7. The number of nitrogens with zero attached hydrogens (tertiary/aromatic N) is 1. The van der Waals surface area contributed by atoms with Gasteiger partial charge in [0.1, 0.15) is 0 Å². The molecule has 1 amide bonds. The summed E-state index contributed by atoms with van der Waals surface area (Å²) in [6, 6.07) is 6.07. The molecule has 6 nitrogen and oxygen atoms in total. The van der Waals surface area contributed by atoms with Crippen molar-refractivity contribution in [1.82, 2.24) is 4.72 Å². The first-order chi connectivity index (χ1) is 13.3. The fourth-order valence-corrected chi connectivity index (χ4v) is 4.72. The van der Waals surface area contributed by atoms with Gasteiger partial charge in [0, 0.05) is 36.4 Å². The Bertz CT molecular complexity index is 832. The largest absolute Gasteiger partial charge is 0.364 e. The van der Waals surface area contributed by atoms with Crippen LogP contribution in [0.3, 0.4) is 0 Å². The van der Waals surface area contributed by atoms with Crippen LogP contribution in [0, 0.1) is 12.8 Å². The number of benzene rings is 1. The molecule has 1 saturated carbocycles. The summed E-state index contributed by atoms with van der Waals surface area (Å²) in [7, 11) is -3.26. The van der Waals surface area contributed by atoms with Crippen LogP contribution in [-0.4, -0.2) is 38.7 Å².